The quantitative estimate of drug-likeness (QED) is 0.712. The third kappa shape index (κ3) is 3.68. The number of furan rings is 1. The number of carbonyl (C=O) groups excluding carboxylic acids is 1. The van der Waals surface area contributed by atoms with Gasteiger partial charge in [-0.1, -0.05) is 23.7 Å². The van der Waals surface area contributed by atoms with Crippen LogP contribution in [0.2, 0.25) is 5.02 Å². The van der Waals surface area contributed by atoms with Crippen LogP contribution in [-0.4, -0.2) is 18.1 Å². The van der Waals surface area contributed by atoms with E-state index < -0.39 is 0 Å². The molecule has 2 aromatic carbocycles. The van der Waals surface area contributed by atoms with E-state index in [2.05, 4.69) is 5.32 Å². The first-order valence-electron chi connectivity index (χ1n) is 7.56. The van der Waals surface area contributed by atoms with Crippen LogP contribution >= 0.6 is 11.6 Å². The third-order valence-corrected chi connectivity index (χ3v) is 4.00. The average molecular weight is 358 g/mol. The number of aliphatic hydroxyl groups is 1. The number of ether oxygens (including phenoxy) is 1. The van der Waals surface area contributed by atoms with E-state index in [1.165, 1.54) is 7.11 Å². The molecule has 0 aliphatic heterocycles. The third-order valence-electron chi connectivity index (χ3n) is 3.67. The van der Waals surface area contributed by atoms with Crippen molar-refractivity contribution in [2.75, 3.05) is 12.4 Å². The molecule has 0 atom stereocenters. The highest BCUT2D eigenvalue weighted by Gasteiger charge is 2.14. The highest BCUT2D eigenvalue weighted by Crippen LogP contribution is 2.31. The normalized spacial score (nSPS) is 10.5. The van der Waals surface area contributed by atoms with E-state index in [0.717, 1.165) is 5.56 Å². The van der Waals surface area contributed by atoms with Crippen LogP contribution in [0, 0.1) is 0 Å². The minimum absolute atomic E-state index is 0.176. The Labute approximate surface area is 149 Å². The molecule has 0 radical (unpaired) electrons. The van der Waals surface area contributed by atoms with Crippen molar-refractivity contribution in [1.29, 1.82) is 0 Å². The maximum absolute atomic E-state index is 12.5. The molecule has 1 aromatic heterocycles. The van der Waals surface area contributed by atoms with Gasteiger partial charge in [-0.05, 0) is 42.5 Å². The van der Waals surface area contributed by atoms with Gasteiger partial charge in [-0.25, -0.2) is 0 Å². The molecule has 6 heteroatoms. The minimum Gasteiger partial charge on any atom is -0.496 e. The summed E-state index contributed by atoms with van der Waals surface area (Å²) < 4.78 is 10.7. The average Bonchev–Trinajstić information content (AvgIpc) is 3.12. The molecule has 25 heavy (non-hydrogen) atoms. The highest BCUT2D eigenvalue weighted by atomic mass is 35.5. The molecule has 3 aromatic rings. The highest BCUT2D eigenvalue weighted by molar-refractivity contribution is 6.34. The molecule has 0 saturated carbocycles. The number of halogens is 1. The van der Waals surface area contributed by atoms with Gasteiger partial charge in [0.15, 0.2) is 0 Å². The minimum atomic E-state index is -0.327. The van der Waals surface area contributed by atoms with E-state index in [9.17, 15) is 4.79 Å². The molecule has 0 bridgehead atoms. The molecule has 3 rings (SSSR count). The predicted octanol–water partition coefficient (Wildman–Crippen LogP) is 4.35. The number of benzene rings is 2. The van der Waals surface area contributed by atoms with Crippen molar-refractivity contribution >= 4 is 23.2 Å². The topological polar surface area (TPSA) is 71.7 Å². The van der Waals surface area contributed by atoms with Gasteiger partial charge in [0.1, 0.15) is 23.9 Å². The van der Waals surface area contributed by atoms with Crippen LogP contribution in [0.4, 0.5) is 5.69 Å². The first-order chi connectivity index (χ1) is 12.1. The Bertz CT molecular complexity index is 904. The summed E-state index contributed by atoms with van der Waals surface area (Å²) in [6, 6.07) is 15.6. The first-order valence-corrected chi connectivity index (χ1v) is 7.94. The summed E-state index contributed by atoms with van der Waals surface area (Å²) in [5, 5.41) is 12.3. The van der Waals surface area contributed by atoms with Gasteiger partial charge in [-0.2, -0.15) is 0 Å². The summed E-state index contributed by atoms with van der Waals surface area (Å²) in [7, 11) is 1.51. The van der Waals surface area contributed by atoms with Gasteiger partial charge < -0.3 is 19.6 Å². The number of amides is 1. The SMILES string of the molecule is COc1ccccc1C(=O)Nc1cc(-c2ccc(CO)o2)ccc1Cl. The van der Waals surface area contributed by atoms with Gasteiger partial charge in [0.2, 0.25) is 0 Å². The van der Waals surface area contributed by atoms with Crippen molar-refractivity contribution < 1.29 is 19.1 Å². The Morgan fingerprint density at radius 1 is 1.20 bits per heavy atom. The monoisotopic (exact) mass is 357 g/mol. The van der Waals surface area contributed by atoms with Crippen molar-refractivity contribution in [2.45, 2.75) is 6.61 Å². The standard InChI is InChI=1S/C19H16ClNO4/c1-24-18-5-3-2-4-14(18)19(23)21-16-10-12(6-8-15(16)20)17-9-7-13(11-22)25-17/h2-10,22H,11H2,1H3,(H,21,23). The van der Waals surface area contributed by atoms with Gasteiger partial charge in [0.05, 0.1) is 23.4 Å². The Kier molecular flexibility index (Phi) is 5.07. The number of carbonyl (C=O) groups is 1. The van der Waals surface area contributed by atoms with E-state index >= 15 is 0 Å². The number of nitrogens with one attached hydrogen (secondary N) is 1. The fraction of sp³-hybridized carbons (Fsp3) is 0.105. The molecule has 1 heterocycles. The smallest absolute Gasteiger partial charge is 0.259 e. The molecule has 2 N–H and O–H groups in total. The molecule has 128 valence electrons. The van der Waals surface area contributed by atoms with Gasteiger partial charge in [-0.3, -0.25) is 4.79 Å². The van der Waals surface area contributed by atoms with E-state index in [1.807, 2.05) is 0 Å². The Morgan fingerprint density at radius 3 is 2.72 bits per heavy atom. The van der Waals surface area contributed by atoms with E-state index in [-0.39, 0.29) is 12.5 Å². The number of rotatable bonds is 5. The number of hydrogen-bond acceptors (Lipinski definition) is 4. The maximum atomic E-state index is 12.5. The van der Waals surface area contributed by atoms with Crippen LogP contribution in [0.25, 0.3) is 11.3 Å². The largest absolute Gasteiger partial charge is 0.496 e. The second-order valence-corrected chi connectivity index (χ2v) is 5.68. The van der Waals surface area contributed by atoms with Gasteiger partial charge in [0.25, 0.3) is 5.91 Å². The van der Waals surface area contributed by atoms with Crippen LogP contribution in [0.15, 0.2) is 59.0 Å². The van der Waals surface area contributed by atoms with Crippen LogP contribution in [0.5, 0.6) is 5.75 Å². The molecule has 5 nitrogen and oxygen atoms in total. The Hall–Kier alpha value is -2.76. The zero-order valence-electron chi connectivity index (χ0n) is 13.5. The summed E-state index contributed by atoms with van der Waals surface area (Å²) in [6.45, 7) is -0.176. The van der Waals surface area contributed by atoms with Crippen molar-refractivity contribution in [3.63, 3.8) is 0 Å². The number of para-hydroxylation sites is 1. The molecule has 0 spiro atoms. The fourth-order valence-corrected chi connectivity index (χ4v) is 2.58. The molecule has 0 unspecified atom stereocenters. The summed E-state index contributed by atoms with van der Waals surface area (Å²) in [5.74, 6) is 1.19. The number of anilines is 1. The number of methoxy groups -OCH3 is 1. The molecule has 0 aliphatic carbocycles. The van der Waals surface area contributed by atoms with Crippen LogP contribution < -0.4 is 10.1 Å². The molecule has 0 aliphatic rings. The maximum Gasteiger partial charge on any atom is 0.259 e. The molecular weight excluding hydrogens is 342 g/mol. The first kappa shape index (κ1) is 17.1. The lowest BCUT2D eigenvalue weighted by Crippen LogP contribution is -2.13. The molecule has 1 amide bonds. The zero-order valence-corrected chi connectivity index (χ0v) is 14.2. The summed E-state index contributed by atoms with van der Waals surface area (Å²) in [5.41, 5.74) is 1.60. The molecule has 0 fully saturated rings. The van der Waals surface area contributed by atoms with Crippen LogP contribution in [0.3, 0.4) is 0 Å². The summed E-state index contributed by atoms with van der Waals surface area (Å²) >= 11 is 6.20. The number of aliphatic hydroxyl groups excluding tert-OH is 1. The van der Waals surface area contributed by atoms with Gasteiger partial charge in [-0.15, -0.1) is 0 Å². The van der Waals surface area contributed by atoms with Crippen molar-refractivity contribution in [1.82, 2.24) is 0 Å². The second-order valence-electron chi connectivity index (χ2n) is 5.27. The molecular formula is C19H16ClNO4. The van der Waals surface area contributed by atoms with Crippen LogP contribution in [0.1, 0.15) is 16.1 Å². The van der Waals surface area contributed by atoms with Crippen molar-refractivity contribution in [3.8, 4) is 17.1 Å². The Morgan fingerprint density at radius 2 is 2.00 bits per heavy atom. The predicted molar refractivity (Wildman–Crippen MR) is 96.0 cm³/mol. The van der Waals surface area contributed by atoms with Gasteiger partial charge >= 0.3 is 0 Å². The lowest BCUT2D eigenvalue weighted by molar-refractivity contribution is 0.102. The fourth-order valence-electron chi connectivity index (χ4n) is 2.41. The number of hydrogen-bond donors (Lipinski definition) is 2. The molecule has 0 saturated heterocycles. The summed E-state index contributed by atoms with van der Waals surface area (Å²) in [6.07, 6.45) is 0. The second kappa shape index (κ2) is 7.42. The van der Waals surface area contributed by atoms with E-state index in [1.54, 1.807) is 54.6 Å². The zero-order chi connectivity index (χ0) is 17.8. The van der Waals surface area contributed by atoms with E-state index in [0.29, 0.717) is 33.5 Å². The lowest BCUT2D eigenvalue weighted by atomic mass is 10.1. The Balaban J connectivity index is 1.89. The lowest BCUT2D eigenvalue weighted by Gasteiger charge is -2.11. The van der Waals surface area contributed by atoms with Crippen molar-refractivity contribution in [3.05, 3.63) is 70.9 Å². The summed E-state index contributed by atoms with van der Waals surface area (Å²) in [4.78, 5) is 12.5. The van der Waals surface area contributed by atoms with Gasteiger partial charge in [0, 0.05) is 5.56 Å². The van der Waals surface area contributed by atoms with Crippen molar-refractivity contribution in [2.24, 2.45) is 0 Å². The van der Waals surface area contributed by atoms with E-state index in [4.69, 9.17) is 25.9 Å². The van der Waals surface area contributed by atoms with Crippen LogP contribution in [-0.2, 0) is 6.61 Å².